The van der Waals surface area contributed by atoms with Crippen LogP contribution in [0.25, 0.3) is 0 Å². The molecule has 1 aliphatic heterocycles. The van der Waals surface area contributed by atoms with Gasteiger partial charge in [0.15, 0.2) is 0 Å². The minimum absolute atomic E-state index is 0.612. The molecule has 1 saturated heterocycles. The Kier molecular flexibility index (Phi) is 3.56. The van der Waals surface area contributed by atoms with Crippen LogP contribution in [0.15, 0.2) is 6.20 Å². The highest BCUT2D eigenvalue weighted by Crippen LogP contribution is 2.22. The molecule has 1 aliphatic rings. The third-order valence-electron chi connectivity index (χ3n) is 3.39. The third kappa shape index (κ3) is 2.59. The highest BCUT2D eigenvalue weighted by molar-refractivity contribution is 4.94. The molecular formula is C11H21N5. The largest absolute Gasteiger partial charge is 0.329 e. The molecule has 16 heavy (non-hydrogen) atoms. The Hall–Kier alpha value is -0.940. The molecule has 5 heteroatoms. The van der Waals surface area contributed by atoms with E-state index in [9.17, 15) is 0 Å². The lowest BCUT2D eigenvalue weighted by Crippen LogP contribution is -2.20. The Morgan fingerprint density at radius 3 is 2.69 bits per heavy atom. The number of hydrogen-bond acceptors (Lipinski definition) is 4. The average Bonchev–Trinajstić information content (AvgIpc) is 2.77. The SMILES string of the molecule is CC1CN(Cc2cn(CCN)nn2)CC1C. The molecule has 0 spiro atoms. The van der Waals surface area contributed by atoms with Gasteiger partial charge in [-0.3, -0.25) is 9.58 Å². The number of nitrogens with two attached hydrogens (primary N) is 1. The second-order valence-corrected chi connectivity index (χ2v) is 4.91. The summed E-state index contributed by atoms with van der Waals surface area (Å²) in [5.74, 6) is 1.58. The van der Waals surface area contributed by atoms with Crippen LogP contribution < -0.4 is 5.73 Å². The van der Waals surface area contributed by atoms with Crippen molar-refractivity contribution in [2.24, 2.45) is 17.6 Å². The van der Waals surface area contributed by atoms with Gasteiger partial charge in [-0.1, -0.05) is 19.1 Å². The second kappa shape index (κ2) is 4.93. The fourth-order valence-electron chi connectivity index (χ4n) is 2.26. The summed E-state index contributed by atoms with van der Waals surface area (Å²) >= 11 is 0. The molecule has 2 rings (SSSR count). The van der Waals surface area contributed by atoms with Crippen molar-refractivity contribution in [3.8, 4) is 0 Å². The van der Waals surface area contributed by atoms with Crippen molar-refractivity contribution in [3.05, 3.63) is 11.9 Å². The highest BCUT2D eigenvalue weighted by atomic mass is 15.4. The van der Waals surface area contributed by atoms with Gasteiger partial charge in [-0.25, -0.2) is 0 Å². The number of hydrogen-bond donors (Lipinski definition) is 1. The van der Waals surface area contributed by atoms with Crippen LogP contribution in [0.5, 0.6) is 0 Å². The first-order chi connectivity index (χ1) is 7.69. The van der Waals surface area contributed by atoms with Crippen molar-refractivity contribution >= 4 is 0 Å². The average molecular weight is 223 g/mol. The first-order valence-corrected chi connectivity index (χ1v) is 6.00. The smallest absolute Gasteiger partial charge is 0.0967 e. The van der Waals surface area contributed by atoms with Gasteiger partial charge in [0.1, 0.15) is 0 Å². The summed E-state index contributed by atoms with van der Waals surface area (Å²) in [6, 6.07) is 0. The van der Waals surface area contributed by atoms with E-state index < -0.39 is 0 Å². The van der Waals surface area contributed by atoms with Gasteiger partial charge in [0.25, 0.3) is 0 Å². The summed E-state index contributed by atoms with van der Waals surface area (Å²) in [5.41, 5.74) is 6.52. The Morgan fingerprint density at radius 2 is 2.06 bits per heavy atom. The van der Waals surface area contributed by atoms with E-state index in [0.29, 0.717) is 6.54 Å². The van der Waals surface area contributed by atoms with Crippen molar-refractivity contribution in [2.45, 2.75) is 26.9 Å². The van der Waals surface area contributed by atoms with Crippen LogP contribution in [0, 0.1) is 11.8 Å². The predicted octanol–water partition coefficient (Wildman–Crippen LogP) is 0.325. The molecule has 0 aliphatic carbocycles. The summed E-state index contributed by atoms with van der Waals surface area (Å²) < 4.78 is 1.82. The maximum Gasteiger partial charge on any atom is 0.0967 e. The monoisotopic (exact) mass is 223 g/mol. The standard InChI is InChI=1S/C11H21N5/c1-9-5-15(6-10(9)2)7-11-8-16(4-3-12)14-13-11/h8-10H,3-7,12H2,1-2H3. The Bertz CT molecular complexity index is 325. The molecule has 2 N–H and O–H groups in total. The molecule has 1 aromatic heterocycles. The van der Waals surface area contributed by atoms with Crippen molar-refractivity contribution in [2.75, 3.05) is 19.6 Å². The van der Waals surface area contributed by atoms with Crippen molar-refractivity contribution in [3.63, 3.8) is 0 Å². The van der Waals surface area contributed by atoms with E-state index in [1.165, 1.54) is 13.1 Å². The van der Waals surface area contributed by atoms with E-state index in [1.807, 2.05) is 10.9 Å². The van der Waals surface area contributed by atoms with Gasteiger partial charge in [0.05, 0.1) is 12.2 Å². The van der Waals surface area contributed by atoms with Crippen LogP contribution in [-0.4, -0.2) is 39.5 Å². The Balaban J connectivity index is 1.89. The first kappa shape index (κ1) is 11.5. The van der Waals surface area contributed by atoms with E-state index >= 15 is 0 Å². The predicted molar refractivity (Wildman–Crippen MR) is 62.7 cm³/mol. The van der Waals surface area contributed by atoms with E-state index in [1.54, 1.807) is 0 Å². The lowest BCUT2D eigenvalue weighted by molar-refractivity contribution is 0.312. The van der Waals surface area contributed by atoms with Gasteiger partial charge in [-0.15, -0.1) is 5.10 Å². The third-order valence-corrected chi connectivity index (χ3v) is 3.39. The molecule has 1 aromatic rings. The molecule has 0 amide bonds. The van der Waals surface area contributed by atoms with Gasteiger partial charge in [-0.2, -0.15) is 0 Å². The van der Waals surface area contributed by atoms with Crippen LogP contribution in [-0.2, 0) is 13.1 Å². The molecule has 0 aromatic carbocycles. The molecule has 0 radical (unpaired) electrons. The zero-order valence-corrected chi connectivity index (χ0v) is 10.1. The first-order valence-electron chi connectivity index (χ1n) is 6.00. The molecule has 0 saturated carbocycles. The Morgan fingerprint density at radius 1 is 1.38 bits per heavy atom. The number of nitrogens with zero attached hydrogens (tertiary/aromatic N) is 4. The minimum atomic E-state index is 0.612. The van der Waals surface area contributed by atoms with Gasteiger partial charge in [0.2, 0.25) is 0 Å². The van der Waals surface area contributed by atoms with E-state index in [0.717, 1.165) is 30.6 Å². The number of aromatic nitrogens is 3. The van der Waals surface area contributed by atoms with Crippen LogP contribution in [0.4, 0.5) is 0 Å². The van der Waals surface area contributed by atoms with Crippen LogP contribution in [0.3, 0.4) is 0 Å². The number of rotatable bonds is 4. The molecule has 0 bridgehead atoms. The van der Waals surface area contributed by atoms with Crippen LogP contribution in [0.2, 0.25) is 0 Å². The summed E-state index contributed by atoms with van der Waals surface area (Å²) in [6.45, 7) is 9.25. The van der Waals surface area contributed by atoms with Gasteiger partial charge >= 0.3 is 0 Å². The fourth-order valence-corrected chi connectivity index (χ4v) is 2.26. The summed E-state index contributed by atoms with van der Waals surface area (Å²) in [5, 5.41) is 8.21. The van der Waals surface area contributed by atoms with E-state index in [-0.39, 0.29) is 0 Å². The zero-order valence-electron chi connectivity index (χ0n) is 10.1. The maximum atomic E-state index is 5.47. The summed E-state index contributed by atoms with van der Waals surface area (Å²) in [4.78, 5) is 2.45. The fraction of sp³-hybridized carbons (Fsp3) is 0.818. The van der Waals surface area contributed by atoms with E-state index in [4.69, 9.17) is 5.73 Å². The van der Waals surface area contributed by atoms with Gasteiger partial charge in [-0.05, 0) is 11.8 Å². The molecule has 2 heterocycles. The Labute approximate surface area is 96.6 Å². The molecule has 2 unspecified atom stereocenters. The zero-order chi connectivity index (χ0) is 11.5. The summed E-state index contributed by atoms with van der Waals surface area (Å²) in [6.07, 6.45) is 2.00. The summed E-state index contributed by atoms with van der Waals surface area (Å²) in [7, 11) is 0. The molecule has 90 valence electrons. The van der Waals surface area contributed by atoms with Gasteiger partial charge in [0, 0.05) is 32.4 Å². The van der Waals surface area contributed by atoms with Crippen molar-refractivity contribution < 1.29 is 0 Å². The quantitative estimate of drug-likeness (QED) is 0.799. The molecule has 2 atom stereocenters. The molecule has 1 fully saturated rings. The van der Waals surface area contributed by atoms with Crippen molar-refractivity contribution in [1.29, 1.82) is 0 Å². The normalized spacial score (nSPS) is 26.4. The highest BCUT2D eigenvalue weighted by Gasteiger charge is 2.26. The molecular weight excluding hydrogens is 202 g/mol. The minimum Gasteiger partial charge on any atom is -0.329 e. The van der Waals surface area contributed by atoms with E-state index in [2.05, 4.69) is 29.1 Å². The second-order valence-electron chi connectivity index (χ2n) is 4.91. The van der Waals surface area contributed by atoms with Crippen LogP contribution in [0.1, 0.15) is 19.5 Å². The maximum absolute atomic E-state index is 5.47. The lowest BCUT2D eigenvalue weighted by Gasteiger charge is -2.12. The lowest BCUT2D eigenvalue weighted by atomic mass is 10.0. The number of likely N-dealkylation sites (tertiary alicyclic amines) is 1. The van der Waals surface area contributed by atoms with Crippen LogP contribution >= 0.6 is 0 Å². The molecule has 5 nitrogen and oxygen atoms in total. The topological polar surface area (TPSA) is 60.0 Å². The van der Waals surface area contributed by atoms with Gasteiger partial charge < -0.3 is 5.73 Å². The van der Waals surface area contributed by atoms with Crippen molar-refractivity contribution in [1.82, 2.24) is 19.9 Å².